The Hall–Kier alpha value is -2.09. The van der Waals surface area contributed by atoms with Crippen molar-refractivity contribution in [2.45, 2.75) is 26.7 Å². The molecule has 0 aliphatic heterocycles. The number of aryl methyl sites for hydroxylation is 1. The van der Waals surface area contributed by atoms with Crippen LogP contribution in [0.15, 0.2) is 42.5 Å². The number of amides is 1. The summed E-state index contributed by atoms with van der Waals surface area (Å²) >= 11 is 0. The number of carbonyl (C=O) groups excluding carboxylic acids is 1. The van der Waals surface area contributed by atoms with Crippen molar-refractivity contribution in [2.75, 3.05) is 0 Å². The van der Waals surface area contributed by atoms with Crippen LogP contribution in [0.25, 0.3) is 11.1 Å². The van der Waals surface area contributed by atoms with Crippen molar-refractivity contribution in [3.63, 3.8) is 0 Å². The van der Waals surface area contributed by atoms with Gasteiger partial charge in [-0.15, -0.1) is 0 Å². The first-order chi connectivity index (χ1) is 8.99. The van der Waals surface area contributed by atoms with Crippen molar-refractivity contribution >= 4 is 5.91 Å². The molecule has 0 aliphatic carbocycles. The van der Waals surface area contributed by atoms with E-state index < -0.39 is 0 Å². The van der Waals surface area contributed by atoms with Crippen LogP contribution in [0.5, 0.6) is 0 Å². The lowest BCUT2D eigenvalue weighted by molar-refractivity contribution is 0.100. The molecule has 0 bridgehead atoms. The second-order valence-electron chi connectivity index (χ2n) is 5.19. The number of benzene rings is 2. The van der Waals surface area contributed by atoms with Crippen LogP contribution in [-0.4, -0.2) is 5.91 Å². The number of hydrogen-bond donors (Lipinski definition) is 1. The van der Waals surface area contributed by atoms with Gasteiger partial charge in [0.1, 0.15) is 0 Å². The Balaban J connectivity index is 2.58. The van der Waals surface area contributed by atoms with E-state index in [0.29, 0.717) is 11.5 Å². The third-order valence-corrected chi connectivity index (χ3v) is 3.30. The molecular weight excluding hydrogens is 234 g/mol. The highest BCUT2D eigenvalue weighted by molar-refractivity contribution is 6.00. The normalized spacial score (nSPS) is 10.7. The monoisotopic (exact) mass is 253 g/mol. The molecule has 0 saturated carbocycles. The van der Waals surface area contributed by atoms with Gasteiger partial charge in [-0.1, -0.05) is 55.8 Å². The zero-order chi connectivity index (χ0) is 14.0. The molecule has 0 radical (unpaired) electrons. The van der Waals surface area contributed by atoms with Crippen LogP contribution >= 0.6 is 0 Å². The fourth-order valence-electron chi connectivity index (χ4n) is 2.18. The van der Waals surface area contributed by atoms with Gasteiger partial charge in [-0.2, -0.15) is 0 Å². The summed E-state index contributed by atoms with van der Waals surface area (Å²) in [7, 11) is 0. The fourth-order valence-corrected chi connectivity index (χ4v) is 2.18. The molecule has 2 rings (SSSR count). The lowest BCUT2D eigenvalue weighted by Gasteiger charge is -2.11. The maximum absolute atomic E-state index is 11.6. The SMILES string of the molecule is Cc1ccc(-c2cccc(C(C)C)c2)c(C(N)=O)c1. The topological polar surface area (TPSA) is 43.1 Å². The van der Waals surface area contributed by atoms with Gasteiger partial charge in [0.25, 0.3) is 0 Å². The minimum atomic E-state index is -0.381. The summed E-state index contributed by atoms with van der Waals surface area (Å²) in [5.74, 6) is 0.0797. The molecule has 2 N–H and O–H groups in total. The van der Waals surface area contributed by atoms with E-state index in [1.165, 1.54) is 5.56 Å². The van der Waals surface area contributed by atoms with Crippen LogP contribution in [0, 0.1) is 6.92 Å². The van der Waals surface area contributed by atoms with Gasteiger partial charge in [0.15, 0.2) is 0 Å². The Morgan fingerprint density at radius 2 is 1.84 bits per heavy atom. The van der Waals surface area contributed by atoms with Gasteiger partial charge in [-0.3, -0.25) is 4.79 Å². The van der Waals surface area contributed by atoms with Crippen molar-refractivity contribution in [2.24, 2.45) is 5.73 Å². The third-order valence-electron chi connectivity index (χ3n) is 3.30. The highest BCUT2D eigenvalue weighted by Gasteiger charge is 2.11. The zero-order valence-corrected chi connectivity index (χ0v) is 11.6. The molecule has 0 spiro atoms. The van der Waals surface area contributed by atoms with Crippen molar-refractivity contribution in [3.8, 4) is 11.1 Å². The molecule has 0 aromatic heterocycles. The van der Waals surface area contributed by atoms with Crippen LogP contribution in [0.1, 0.15) is 41.3 Å². The van der Waals surface area contributed by atoms with E-state index in [4.69, 9.17) is 5.73 Å². The van der Waals surface area contributed by atoms with E-state index in [1.807, 2.05) is 37.3 Å². The lowest BCUT2D eigenvalue weighted by atomic mass is 9.93. The Kier molecular flexibility index (Phi) is 3.70. The maximum Gasteiger partial charge on any atom is 0.249 e. The molecule has 2 aromatic carbocycles. The minimum absolute atomic E-state index is 0.381. The van der Waals surface area contributed by atoms with Crippen LogP contribution in [0.3, 0.4) is 0 Å². The molecule has 2 heteroatoms. The molecule has 0 heterocycles. The molecule has 19 heavy (non-hydrogen) atoms. The second-order valence-corrected chi connectivity index (χ2v) is 5.19. The summed E-state index contributed by atoms with van der Waals surface area (Å²) in [6, 6.07) is 14.1. The van der Waals surface area contributed by atoms with Gasteiger partial charge >= 0.3 is 0 Å². The van der Waals surface area contributed by atoms with Gasteiger partial charge in [0, 0.05) is 5.56 Å². The van der Waals surface area contributed by atoms with Gasteiger partial charge < -0.3 is 5.73 Å². The molecule has 98 valence electrons. The number of rotatable bonds is 3. The van der Waals surface area contributed by atoms with Crippen molar-refractivity contribution in [1.29, 1.82) is 0 Å². The van der Waals surface area contributed by atoms with Crippen LogP contribution in [0.2, 0.25) is 0 Å². The first-order valence-electron chi connectivity index (χ1n) is 6.50. The van der Waals surface area contributed by atoms with E-state index in [0.717, 1.165) is 16.7 Å². The van der Waals surface area contributed by atoms with Crippen LogP contribution < -0.4 is 5.73 Å². The average Bonchev–Trinajstić information content (AvgIpc) is 2.38. The van der Waals surface area contributed by atoms with Gasteiger partial charge in [0.2, 0.25) is 5.91 Å². The minimum Gasteiger partial charge on any atom is -0.366 e. The van der Waals surface area contributed by atoms with Crippen LogP contribution in [0.4, 0.5) is 0 Å². The van der Waals surface area contributed by atoms with E-state index >= 15 is 0 Å². The lowest BCUT2D eigenvalue weighted by Crippen LogP contribution is -2.12. The Labute approximate surface area is 114 Å². The Morgan fingerprint density at radius 1 is 1.11 bits per heavy atom. The van der Waals surface area contributed by atoms with E-state index in [2.05, 4.69) is 26.0 Å². The highest BCUT2D eigenvalue weighted by Crippen LogP contribution is 2.27. The van der Waals surface area contributed by atoms with E-state index in [1.54, 1.807) is 0 Å². The molecule has 2 nitrogen and oxygen atoms in total. The van der Waals surface area contributed by atoms with E-state index in [9.17, 15) is 4.79 Å². The van der Waals surface area contributed by atoms with E-state index in [-0.39, 0.29) is 5.91 Å². The highest BCUT2D eigenvalue weighted by atomic mass is 16.1. The maximum atomic E-state index is 11.6. The van der Waals surface area contributed by atoms with Gasteiger partial charge in [-0.25, -0.2) is 0 Å². The fraction of sp³-hybridized carbons (Fsp3) is 0.235. The molecule has 0 aliphatic rings. The van der Waals surface area contributed by atoms with Crippen molar-refractivity contribution in [3.05, 3.63) is 59.2 Å². The Morgan fingerprint density at radius 3 is 2.47 bits per heavy atom. The Bertz CT molecular complexity index is 614. The summed E-state index contributed by atoms with van der Waals surface area (Å²) in [4.78, 5) is 11.6. The van der Waals surface area contributed by atoms with Crippen molar-refractivity contribution < 1.29 is 4.79 Å². The molecule has 0 saturated heterocycles. The summed E-state index contributed by atoms with van der Waals surface area (Å²) in [6.45, 7) is 6.27. The number of primary amides is 1. The summed E-state index contributed by atoms with van der Waals surface area (Å²) in [6.07, 6.45) is 0. The molecule has 0 atom stereocenters. The van der Waals surface area contributed by atoms with Gasteiger partial charge in [-0.05, 0) is 35.6 Å². The predicted octanol–water partition coefficient (Wildman–Crippen LogP) is 3.88. The van der Waals surface area contributed by atoms with Crippen molar-refractivity contribution in [1.82, 2.24) is 0 Å². The first-order valence-corrected chi connectivity index (χ1v) is 6.50. The zero-order valence-electron chi connectivity index (χ0n) is 11.6. The predicted molar refractivity (Wildman–Crippen MR) is 79.2 cm³/mol. The van der Waals surface area contributed by atoms with Crippen LogP contribution in [-0.2, 0) is 0 Å². The molecule has 2 aromatic rings. The molecule has 0 unspecified atom stereocenters. The quantitative estimate of drug-likeness (QED) is 0.886. The first kappa shape index (κ1) is 13.3. The number of carbonyl (C=O) groups is 1. The standard InChI is InChI=1S/C17H19NO/c1-11(2)13-5-4-6-14(10-13)15-8-7-12(3)9-16(15)17(18)19/h4-11H,1-3H3,(H2,18,19). The number of nitrogens with two attached hydrogens (primary N) is 1. The molecule has 1 amide bonds. The average molecular weight is 253 g/mol. The summed E-state index contributed by atoms with van der Waals surface area (Å²) < 4.78 is 0. The third kappa shape index (κ3) is 2.84. The molecular formula is C17H19NO. The summed E-state index contributed by atoms with van der Waals surface area (Å²) in [5.41, 5.74) is 10.3. The smallest absolute Gasteiger partial charge is 0.249 e. The largest absolute Gasteiger partial charge is 0.366 e. The second kappa shape index (κ2) is 5.27. The number of hydrogen-bond acceptors (Lipinski definition) is 1. The summed E-state index contributed by atoms with van der Waals surface area (Å²) in [5, 5.41) is 0. The van der Waals surface area contributed by atoms with Gasteiger partial charge in [0.05, 0.1) is 0 Å². The molecule has 0 fully saturated rings.